The number of hydrogen-bond donors (Lipinski definition) is 1. The number of carbonyl (C=O) groups is 1. The van der Waals surface area contributed by atoms with Gasteiger partial charge in [-0.1, -0.05) is 30.3 Å². The van der Waals surface area contributed by atoms with Crippen molar-refractivity contribution >= 4 is 5.97 Å². The van der Waals surface area contributed by atoms with Gasteiger partial charge in [0.1, 0.15) is 5.82 Å². The van der Waals surface area contributed by atoms with Gasteiger partial charge < -0.3 is 9.72 Å². The maximum Gasteiger partial charge on any atom is 0.306 e. The molecule has 18 heavy (non-hydrogen) atoms. The molecular formula is C14H16N2O2. The average molecular weight is 244 g/mol. The lowest BCUT2D eigenvalue weighted by Gasteiger charge is -1.99. The molecule has 0 amide bonds. The number of ether oxygens (including phenoxy) is 1. The molecule has 4 heteroatoms. The Morgan fingerprint density at radius 3 is 2.83 bits per heavy atom. The van der Waals surface area contributed by atoms with E-state index in [1.807, 2.05) is 30.3 Å². The van der Waals surface area contributed by atoms with Crippen molar-refractivity contribution in [2.45, 2.75) is 19.8 Å². The molecule has 0 atom stereocenters. The number of rotatable bonds is 5. The molecule has 0 aliphatic heterocycles. The molecule has 0 aliphatic rings. The average Bonchev–Trinajstić information content (AvgIpc) is 2.87. The number of benzene rings is 1. The highest BCUT2D eigenvalue weighted by atomic mass is 16.5. The summed E-state index contributed by atoms with van der Waals surface area (Å²) >= 11 is 0. The van der Waals surface area contributed by atoms with E-state index >= 15 is 0 Å². The van der Waals surface area contributed by atoms with Gasteiger partial charge in [0.15, 0.2) is 0 Å². The highest BCUT2D eigenvalue weighted by Gasteiger charge is 2.06. The molecule has 94 valence electrons. The van der Waals surface area contributed by atoms with Crippen LogP contribution in [0.5, 0.6) is 0 Å². The first-order chi connectivity index (χ1) is 8.79. The van der Waals surface area contributed by atoms with Crippen molar-refractivity contribution < 1.29 is 9.53 Å². The summed E-state index contributed by atoms with van der Waals surface area (Å²) < 4.78 is 4.87. The number of aryl methyl sites for hydroxylation is 1. The minimum atomic E-state index is -0.185. The standard InChI is InChI=1S/C14H16N2O2/c1-2-18-14(17)9-8-13-15-10-12(16-13)11-6-4-3-5-7-11/h3-7,10H,2,8-9H2,1H3,(H,15,16). The summed E-state index contributed by atoms with van der Waals surface area (Å²) in [4.78, 5) is 18.7. The van der Waals surface area contributed by atoms with Gasteiger partial charge in [0, 0.05) is 6.42 Å². The van der Waals surface area contributed by atoms with E-state index in [0.717, 1.165) is 17.1 Å². The molecule has 1 N–H and O–H groups in total. The Balaban J connectivity index is 1.97. The third-order valence-corrected chi connectivity index (χ3v) is 2.58. The monoisotopic (exact) mass is 244 g/mol. The number of hydrogen-bond acceptors (Lipinski definition) is 3. The van der Waals surface area contributed by atoms with Crippen LogP contribution in [-0.2, 0) is 16.0 Å². The van der Waals surface area contributed by atoms with Crippen LogP contribution in [0.15, 0.2) is 36.5 Å². The molecule has 0 fully saturated rings. The molecule has 0 bridgehead atoms. The van der Waals surface area contributed by atoms with E-state index < -0.39 is 0 Å². The lowest BCUT2D eigenvalue weighted by molar-refractivity contribution is -0.143. The molecule has 1 heterocycles. The normalized spacial score (nSPS) is 10.3. The van der Waals surface area contributed by atoms with Gasteiger partial charge in [-0.3, -0.25) is 4.79 Å². The summed E-state index contributed by atoms with van der Waals surface area (Å²) in [7, 11) is 0. The van der Waals surface area contributed by atoms with Crippen LogP contribution in [0.3, 0.4) is 0 Å². The fourth-order valence-electron chi connectivity index (χ4n) is 1.71. The van der Waals surface area contributed by atoms with Crippen molar-refractivity contribution in [1.29, 1.82) is 0 Å². The van der Waals surface area contributed by atoms with E-state index in [-0.39, 0.29) is 5.97 Å². The molecule has 1 aromatic carbocycles. The zero-order valence-corrected chi connectivity index (χ0v) is 10.3. The lowest BCUT2D eigenvalue weighted by Crippen LogP contribution is -2.05. The third kappa shape index (κ3) is 3.20. The predicted octanol–water partition coefficient (Wildman–Crippen LogP) is 2.57. The van der Waals surface area contributed by atoms with E-state index in [2.05, 4.69) is 9.97 Å². The Morgan fingerprint density at radius 2 is 2.11 bits per heavy atom. The van der Waals surface area contributed by atoms with Gasteiger partial charge in [-0.25, -0.2) is 4.98 Å². The molecule has 0 saturated heterocycles. The van der Waals surface area contributed by atoms with E-state index in [1.54, 1.807) is 13.1 Å². The molecule has 1 aromatic heterocycles. The zero-order chi connectivity index (χ0) is 12.8. The number of aromatic nitrogens is 2. The molecule has 0 spiro atoms. The Kier molecular flexibility index (Phi) is 4.12. The molecule has 0 unspecified atom stereocenters. The topological polar surface area (TPSA) is 55.0 Å². The Bertz CT molecular complexity index is 506. The van der Waals surface area contributed by atoms with Gasteiger partial charge in [-0.15, -0.1) is 0 Å². The van der Waals surface area contributed by atoms with Crippen molar-refractivity contribution in [3.8, 4) is 11.3 Å². The molecule has 4 nitrogen and oxygen atoms in total. The number of nitrogens with zero attached hydrogens (tertiary/aromatic N) is 1. The fourth-order valence-corrected chi connectivity index (χ4v) is 1.71. The minimum Gasteiger partial charge on any atom is -0.466 e. The highest BCUT2D eigenvalue weighted by molar-refractivity contribution is 5.69. The lowest BCUT2D eigenvalue weighted by atomic mass is 10.2. The second kappa shape index (κ2) is 6.00. The second-order valence-corrected chi connectivity index (χ2v) is 3.91. The fraction of sp³-hybridized carbons (Fsp3) is 0.286. The summed E-state index contributed by atoms with van der Waals surface area (Å²) in [5, 5.41) is 0. The maximum absolute atomic E-state index is 11.2. The Morgan fingerprint density at radius 1 is 1.33 bits per heavy atom. The smallest absolute Gasteiger partial charge is 0.306 e. The van der Waals surface area contributed by atoms with Gasteiger partial charge in [-0.2, -0.15) is 0 Å². The SMILES string of the molecule is CCOC(=O)CCc1ncc(-c2ccccc2)[nH]1. The zero-order valence-electron chi connectivity index (χ0n) is 10.3. The summed E-state index contributed by atoms with van der Waals surface area (Å²) in [5.74, 6) is 0.622. The van der Waals surface area contributed by atoms with Gasteiger partial charge >= 0.3 is 5.97 Å². The number of esters is 1. The number of imidazole rings is 1. The van der Waals surface area contributed by atoms with E-state index in [1.165, 1.54) is 0 Å². The van der Waals surface area contributed by atoms with Crippen LogP contribution in [0.4, 0.5) is 0 Å². The van der Waals surface area contributed by atoms with Crippen molar-refractivity contribution in [3.63, 3.8) is 0 Å². The molecular weight excluding hydrogens is 228 g/mol. The van der Waals surface area contributed by atoms with Crippen molar-refractivity contribution in [1.82, 2.24) is 9.97 Å². The number of nitrogens with one attached hydrogen (secondary N) is 1. The molecule has 0 saturated carbocycles. The highest BCUT2D eigenvalue weighted by Crippen LogP contribution is 2.16. The van der Waals surface area contributed by atoms with Crippen LogP contribution in [0.2, 0.25) is 0 Å². The number of aromatic amines is 1. The van der Waals surface area contributed by atoms with Gasteiger partial charge in [0.2, 0.25) is 0 Å². The first kappa shape index (κ1) is 12.4. The largest absolute Gasteiger partial charge is 0.466 e. The van der Waals surface area contributed by atoms with Crippen molar-refractivity contribution in [2.75, 3.05) is 6.61 Å². The van der Waals surface area contributed by atoms with Crippen LogP contribution in [0.1, 0.15) is 19.2 Å². The Labute approximate surface area is 106 Å². The quantitative estimate of drug-likeness (QED) is 0.822. The summed E-state index contributed by atoms with van der Waals surface area (Å²) in [6.45, 7) is 2.23. The molecule has 2 rings (SSSR count). The van der Waals surface area contributed by atoms with E-state index in [0.29, 0.717) is 19.4 Å². The van der Waals surface area contributed by atoms with Crippen molar-refractivity contribution in [2.24, 2.45) is 0 Å². The maximum atomic E-state index is 11.2. The van der Waals surface area contributed by atoms with Crippen LogP contribution < -0.4 is 0 Å². The summed E-state index contributed by atoms with van der Waals surface area (Å²) in [6.07, 6.45) is 2.72. The van der Waals surface area contributed by atoms with Crippen LogP contribution in [0.25, 0.3) is 11.3 Å². The minimum absolute atomic E-state index is 0.185. The second-order valence-electron chi connectivity index (χ2n) is 3.91. The third-order valence-electron chi connectivity index (χ3n) is 2.58. The number of H-pyrrole nitrogens is 1. The van der Waals surface area contributed by atoms with Crippen LogP contribution >= 0.6 is 0 Å². The first-order valence-electron chi connectivity index (χ1n) is 6.04. The number of carbonyl (C=O) groups excluding carboxylic acids is 1. The van der Waals surface area contributed by atoms with Gasteiger partial charge in [-0.05, 0) is 12.5 Å². The van der Waals surface area contributed by atoms with E-state index in [4.69, 9.17) is 4.74 Å². The van der Waals surface area contributed by atoms with Crippen molar-refractivity contribution in [3.05, 3.63) is 42.4 Å². The van der Waals surface area contributed by atoms with Gasteiger partial charge in [0.05, 0.1) is 24.9 Å². The predicted molar refractivity (Wildman–Crippen MR) is 69.0 cm³/mol. The van der Waals surface area contributed by atoms with E-state index in [9.17, 15) is 4.79 Å². The summed E-state index contributed by atoms with van der Waals surface area (Å²) in [5.41, 5.74) is 2.06. The van der Waals surface area contributed by atoms with Crippen LogP contribution in [-0.4, -0.2) is 22.5 Å². The first-order valence-corrected chi connectivity index (χ1v) is 6.04. The molecule has 2 aromatic rings. The summed E-state index contributed by atoms with van der Waals surface area (Å²) in [6, 6.07) is 9.97. The Hall–Kier alpha value is -2.10. The van der Waals surface area contributed by atoms with Crippen LogP contribution in [0, 0.1) is 0 Å². The molecule has 0 aliphatic carbocycles. The van der Waals surface area contributed by atoms with Gasteiger partial charge in [0.25, 0.3) is 0 Å². The molecule has 0 radical (unpaired) electrons.